The van der Waals surface area contributed by atoms with Crippen molar-refractivity contribution in [2.75, 3.05) is 10.2 Å². The number of para-hydroxylation sites is 2. The third-order valence-corrected chi connectivity index (χ3v) is 12.0. The molecule has 1 N–H and O–H groups in total. The highest BCUT2D eigenvalue weighted by Crippen LogP contribution is 2.61. The summed E-state index contributed by atoms with van der Waals surface area (Å²) in [6.07, 6.45) is 5.12. The molecule has 0 spiro atoms. The fourth-order valence-corrected chi connectivity index (χ4v) is 9.32. The van der Waals surface area contributed by atoms with Gasteiger partial charge in [-0.05, 0) is 83.1 Å². The van der Waals surface area contributed by atoms with Gasteiger partial charge in [0.05, 0.1) is 11.2 Å². The molecule has 3 aliphatic heterocycles. The second kappa shape index (κ2) is 8.59. The van der Waals surface area contributed by atoms with Gasteiger partial charge in [0.15, 0.2) is 7.28 Å². The lowest BCUT2D eigenvalue weighted by molar-refractivity contribution is 0.195. The van der Waals surface area contributed by atoms with Crippen LogP contribution in [0, 0.1) is 6.92 Å². The van der Waals surface area contributed by atoms with E-state index >= 15 is 0 Å². The normalized spacial score (nSPS) is 24.1. The van der Waals surface area contributed by atoms with Crippen LogP contribution in [0.1, 0.15) is 102 Å². The first-order valence-corrected chi connectivity index (χ1v) is 16.5. The average molecular weight is 565 g/mol. The van der Waals surface area contributed by atoms with Crippen molar-refractivity contribution in [2.45, 2.75) is 103 Å². The molecule has 0 aromatic heterocycles. The third kappa shape index (κ3) is 3.48. The summed E-state index contributed by atoms with van der Waals surface area (Å²) in [7, 11) is 0.976. The van der Waals surface area contributed by atoms with Gasteiger partial charge in [-0.3, -0.25) is 0 Å². The summed E-state index contributed by atoms with van der Waals surface area (Å²) < 4.78 is 0. The Kier molecular flexibility index (Phi) is 5.42. The van der Waals surface area contributed by atoms with Gasteiger partial charge in [0, 0.05) is 33.5 Å². The van der Waals surface area contributed by atoms with Gasteiger partial charge in [-0.15, -0.1) is 0 Å². The summed E-state index contributed by atoms with van der Waals surface area (Å²) in [4.78, 5) is 2.83. The molecule has 4 aromatic carbocycles. The fraction of sp³-hybridized carbons (Fsp3) is 0.400. The largest absolute Gasteiger partial charge is 0.355 e. The van der Waals surface area contributed by atoms with E-state index in [2.05, 4.69) is 132 Å². The second-order valence-corrected chi connectivity index (χ2v) is 15.9. The van der Waals surface area contributed by atoms with Crippen LogP contribution < -0.4 is 21.1 Å². The predicted octanol–water partition coefficient (Wildman–Crippen LogP) is 8.79. The molecule has 1 saturated carbocycles. The molecule has 2 atom stereocenters. The molecule has 1 aliphatic carbocycles. The summed E-state index contributed by atoms with van der Waals surface area (Å²) in [5.74, 6) is 0. The topological polar surface area (TPSA) is 15.3 Å². The minimum atomic E-state index is -0.0769. The van der Waals surface area contributed by atoms with Gasteiger partial charge < -0.3 is 10.2 Å². The molecular formula is C40H45BN2. The standard InChI is InChI=1S/C40H45BN2/c1-24-20-27(26-14-13-16-29-35(26)42-32-17-10-9-15-28(32)38(29,5)6)34-33(21-24)43-36-30(39(7)18-11-12-19-40(39,43)8)22-25(37(2,3)4)23-31(36)41-34/h9-10,13-17,20-23,41-42H,11-12,18-19H2,1-8H3. The van der Waals surface area contributed by atoms with Crippen molar-refractivity contribution < 1.29 is 0 Å². The molecule has 4 aromatic rings. The highest BCUT2D eigenvalue weighted by atomic mass is 15.3. The lowest BCUT2D eigenvalue weighted by Gasteiger charge is -2.51. The monoisotopic (exact) mass is 564 g/mol. The van der Waals surface area contributed by atoms with Crippen LogP contribution in [-0.2, 0) is 16.2 Å². The maximum Gasteiger partial charge on any atom is 0.198 e. The summed E-state index contributed by atoms with van der Waals surface area (Å²) in [5.41, 5.74) is 18.6. The van der Waals surface area contributed by atoms with Crippen LogP contribution in [0.15, 0.2) is 66.7 Å². The van der Waals surface area contributed by atoms with Crippen LogP contribution in [0.5, 0.6) is 0 Å². The van der Waals surface area contributed by atoms with E-state index in [1.54, 1.807) is 5.56 Å². The van der Waals surface area contributed by atoms with E-state index < -0.39 is 0 Å². The quantitative estimate of drug-likeness (QED) is 0.233. The second-order valence-electron chi connectivity index (χ2n) is 15.9. The molecule has 1 fully saturated rings. The van der Waals surface area contributed by atoms with Crippen molar-refractivity contribution in [3.63, 3.8) is 0 Å². The van der Waals surface area contributed by atoms with Crippen LogP contribution in [0.3, 0.4) is 0 Å². The fourth-order valence-electron chi connectivity index (χ4n) is 9.32. The van der Waals surface area contributed by atoms with Crippen molar-refractivity contribution in [3.8, 4) is 11.1 Å². The highest BCUT2D eigenvalue weighted by Gasteiger charge is 2.59. The van der Waals surface area contributed by atoms with Crippen molar-refractivity contribution >= 4 is 41.0 Å². The third-order valence-electron chi connectivity index (χ3n) is 12.0. The number of anilines is 4. The van der Waals surface area contributed by atoms with E-state index in [0.717, 1.165) is 7.28 Å². The molecule has 3 heteroatoms. The Labute approximate surface area is 259 Å². The number of nitrogens with zero attached hydrogens (tertiary/aromatic N) is 1. The Balaban J connectivity index is 1.40. The molecule has 218 valence electrons. The summed E-state index contributed by atoms with van der Waals surface area (Å²) in [6.45, 7) is 19.3. The molecule has 0 radical (unpaired) electrons. The molecule has 0 bridgehead atoms. The highest BCUT2D eigenvalue weighted by molar-refractivity contribution is 6.73. The smallest absolute Gasteiger partial charge is 0.198 e. The molecule has 43 heavy (non-hydrogen) atoms. The Morgan fingerprint density at radius 2 is 1.53 bits per heavy atom. The first-order chi connectivity index (χ1) is 20.3. The first kappa shape index (κ1) is 27.1. The molecule has 4 aliphatic rings. The maximum atomic E-state index is 3.92. The summed E-state index contributed by atoms with van der Waals surface area (Å²) >= 11 is 0. The minimum Gasteiger partial charge on any atom is -0.355 e. The summed E-state index contributed by atoms with van der Waals surface area (Å²) in [6, 6.07) is 25.9. The lowest BCUT2D eigenvalue weighted by atomic mass is 9.57. The van der Waals surface area contributed by atoms with Gasteiger partial charge in [-0.25, -0.2) is 0 Å². The van der Waals surface area contributed by atoms with Gasteiger partial charge in [0.25, 0.3) is 0 Å². The van der Waals surface area contributed by atoms with E-state index in [0.29, 0.717) is 0 Å². The van der Waals surface area contributed by atoms with E-state index in [4.69, 9.17) is 0 Å². The Hall–Kier alpha value is -3.46. The van der Waals surface area contributed by atoms with Crippen LogP contribution in [0.4, 0.5) is 22.7 Å². The van der Waals surface area contributed by atoms with Crippen molar-refractivity contribution in [2.24, 2.45) is 0 Å². The average Bonchev–Trinajstić information content (AvgIpc) is 3.17. The molecule has 2 unspecified atom stereocenters. The number of benzene rings is 4. The zero-order valence-corrected chi connectivity index (χ0v) is 27.3. The van der Waals surface area contributed by atoms with Crippen molar-refractivity contribution in [3.05, 3.63) is 94.5 Å². The van der Waals surface area contributed by atoms with Crippen LogP contribution >= 0.6 is 0 Å². The number of fused-ring (bicyclic) bond motifs is 7. The summed E-state index contributed by atoms with van der Waals surface area (Å²) in [5, 5.41) is 3.92. The number of hydrogen-bond acceptors (Lipinski definition) is 2. The Morgan fingerprint density at radius 3 is 2.33 bits per heavy atom. The number of aryl methyl sites for hydroxylation is 1. The van der Waals surface area contributed by atoms with Crippen LogP contribution in [-0.4, -0.2) is 12.8 Å². The molecule has 0 saturated heterocycles. The van der Waals surface area contributed by atoms with Crippen LogP contribution in [0.25, 0.3) is 11.1 Å². The Morgan fingerprint density at radius 1 is 0.791 bits per heavy atom. The molecular weight excluding hydrogens is 519 g/mol. The van der Waals surface area contributed by atoms with E-state index in [1.165, 1.54) is 92.7 Å². The van der Waals surface area contributed by atoms with Gasteiger partial charge >= 0.3 is 0 Å². The molecule has 3 heterocycles. The van der Waals surface area contributed by atoms with Crippen molar-refractivity contribution in [1.82, 2.24) is 0 Å². The molecule has 0 amide bonds. The van der Waals surface area contributed by atoms with E-state index in [9.17, 15) is 0 Å². The predicted molar refractivity (Wildman–Crippen MR) is 186 cm³/mol. The minimum absolute atomic E-state index is 0.0639. The number of rotatable bonds is 1. The van der Waals surface area contributed by atoms with Gasteiger partial charge in [0.2, 0.25) is 0 Å². The van der Waals surface area contributed by atoms with Crippen molar-refractivity contribution in [1.29, 1.82) is 0 Å². The number of nitrogens with one attached hydrogen (secondary N) is 1. The Bertz CT molecular complexity index is 1840. The van der Waals surface area contributed by atoms with E-state index in [-0.39, 0.29) is 21.8 Å². The van der Waals surface area contributed by atoms with Gasteiger partial charge in [-0.1, -0.05) is 114 Å². The van der Waals surface area contributed by atoms with Gasteiger partial charge in [-0.2, -0.15) is 0 Å². The maximum absolute atomic E-state index is 3.92. The van der Waals surface area contributed by atoms with E-state index in [1.807, 2.05) is 0 Å². The molecule has 8 rings (SSSR count). The SMILES string of the molecule is Cc1cc(-c2cccc3c2Nc2ccccc2C3(C)C)c2c(c1)N1c3c(cc(C(C)(C)C)cc3C3(C)CCCCC13C)B2. The zero-order chi connectivity index (χ0) is 30.1. The molecule has 2 nitrogen and oxygen atoms in total. The lowest BCUT2D eigenvalue weighted by Crippen LogP contribution is -2.57. The van der Waals surface area contributed by atoms with Gasteiger partial charge in [0.1, 0.15) is 0 Å². The van der Waals surface area contributed by atoms with Crippen LogP contribution in [0.2, 0.25) is 0 Å². The zero-order valence-electron chi connectivity index (χ0n) is 27.3. The first-order valence-electron chi connectivity index (χ1n) is 16.5. The number of hydrogen-bond donors (Lipinski definition) is 1.